The lowest BCUT2D eigenvalue weighted by molar-refractivity contribution is -0.141. The summed E-state index contributed by atoms with van der Waals surface area (Å²) >= 11 is 0. The number of hydrogen-bond acceptors (Lipinski definition) is 2. The molecule has 0 fully saturated rings. The molecule has 0 aliphatic heterocycles. The van der Waals surface area contributed by atoms with Crippen LogP contribution in [0.2, 0.25) is 0 Å². The molecule has 1 amide bonds. The van der Waals surface area contributed by atoms with Gasteiger partial charge in [-0.1, -0.05) is 79.8 Å². The van der Waals surface area contributed by atoms with E-state index in [9.17, 15) is 9.59 Å². The highest BCUT2D eigenvalue weighted by atomic mass is 16.4. The molecule has 0 aliphatic rings. The maximum absolute atomic E-state index is 11.5. The molecule has 0 bridgehead atoms. The van der Waals surface area contributed by atoms with Gasteiger partial charge in [-0.2, -0.15) is 0 Å². The quantitative estimate of drug-likeness (QED) is 0.310. The Balaban J connectivity index is 3.64. The summed E-state index contributed by atoms with van der Waals surface area (Å²) in [7, 11) is 0. The molecule has 0 spiro atoms. The Morgan fingerprint density at radius 3 is 1.48 bits per heavy atom. The Hall–Kier alpha value is -2.62. The highest BCUT2D eigenvalue weighted by molar-refractivity contribution is 5.83. The summed E-state index contributed by atoms with van der Waals surface area (Å²) in [5.41, 5.74) is 0. The van der Waals surface area contributed by atoms with Crippen molar-refractivity contribution < 1.29 is 14.7 Å². The van der Waals surface area contributed by atoms with Crippen molar-refractivity contribution in [3.8, 4) is 0 Å². The van der Waals surface area contributed by atoms with Crippen LogP contribution in [-0.4, -0.2) is 23.0 Å². The van der Waals surface area contributed by atoms with Gasteiger partial charge >= 0.3 is 5.97 Å². The number of aliphatic carboxylic acids is 1. The van der Waals surface area contributed by atoms with Gasteiger partial charge in [0, 0.05) is 6.42 Å². The maximum atomic E-state index is 11.5. The highest BCUT2D eigenvalue weighted by Crippen LogP contribution is 1.98. The fourth-order valence-corrected chi connectivity index (χ4v) is 2.23. The number of nitrogens with one attached hydrogen (secondary N) is 1. The van der Waals surface area contributed by atoms with Gasteiger partial charge in [0.25, 0.3) is 0 Å². The molecule has 4 heteroatoms. The van der Waals surface area contributed by atoms with Crippen molar-refractivity contribution in [2.75, 3.05) is 0 Å². The number of carboxylic acids is 1. The summed E-state index contributed by atoms with van der Waals surface area (Å²) in [5, 5.41) is 11.2. The van der Waals surface area contributed by atoms with Crippen LogP contribution in [0.3, 0.4) is 0 Å². The third-order valence-electron chi connectivity index (χ3n) is 3.88. The van der Waals surface area contributed by atoms with E-state index in [0.29, 0.717) is 12.8 Å². The third-order valence-corrected chi connectivity index (χ3v) is 3.88. The standard InChI is InChI=1S/C25H37NO3/c1-3-4-5-6-7-8-9-10-11-12-13-14-15-16-17-18-19-20-21-22-24(27)26-23(2)25(28)29/h4-5,7-8,10-11,13-14,16-17,19-20,23H,3,6,9,12,15,18,21-22H2,1-2H3,(H,26,27)(H,28,29)/b5-4+,8-7+,11-10+,14-13+,17-16+,20-19+. The van der Waals surface area contributed by atoms with Crippen LogP contribution in [0, 0.1) is 0 Å². The Labute approximate surface area is 176 Å². The predicted molar refractivity (Wildman–Crippen MR) is 123 cm³/mol. The van der Waals surface area contributed by atoms with Gasteiger partial charge in [0.2, 0.25) is 5.91 Å². The molecule has 1 unspecified atom stereocenters. The minimum absolute atomic E-state index is 0.237. The molecule has 0 aromatic heterocycles. The molecular formula is C25H37NO3. The van der Waals surface area contributed by atoms with Crippen LogP contribution in [0.5, 0.6) is 0 Å². The van der Waals surface area contributed by atoms with Crippen molar-refractivity contribution in [3.63, 3.8) is 0 Å². The Morgan fingerprint density at radius 2 is 1.10 bits per heavy atom. The first-order valence-corrected chi connectivity index (χ1v) is 10.5. The van der Waals surface area contributed by atoms with E-state index in [2.05, 4.69) is 73.0 Å². The second-order valence-electron chi connectivity index (χ2n) is 6.58. The van der Waals surface area contributed by atoms with Gasteiger partial charge in [-0.3, -0.25) is 9.59 Å². The number of amides is 1. The lowest BCUT2D eigenvalue weighted by atomic mass is 10.2. The number of rotatable bonds is 16. The second-order valence-corrected chi connectivity index (χ2v) is 6.58. The van der Waals surface area contributed by atoms with Crippen molar-refractivity contribution in [1.29, 1.82) is 0 Å². The second kappa shape index (κ2) is 20.1. The van der Waals surface area contributed by atoms with Crippen LogP contribution >= 0.6 is 0 Å². The zero-order chi connectivity index (χ0) is 21.6. The first-order chi connectivity index (χ1) is 14.1. The van der Waals surface area contributed by atoms with Crippen LogP contribution in [0.15, 0.2) is 72.9 Å². The number of allylic oxidation sites excluding steroid dienone is 12. The lowest BCUT2D eigenvalue weighted by Gasteiger charge is -2.07. The summed E-state index contributed by atoms with van der Waals surface area (Å²) < 4.78 is 0. The van der Waals surface area contributed by atoms with Crippen molar-refractivity contribution in [2.45, 2.75) is 71.3 Å². The Morgan fingerprint density at radius 1 is 0.724 bits per heavy atom. The Kier molecular flexibility index (Phi) is 18.3. The van der Waals surface area contributed by atoms with Gasteiger partial charge in [0.05, 0.1) is 0 Å². The molecule has 0 aromatic carbocycles. The van der Waals surface area contributed by atoms with Gasteiger partial charge in [0.15, 0.2) is 0 Å². The van der Waals surface area contributed by atoms with E-state index in [0.717, 1.165) is 38.5 Å². The third kappa shape index (κ3) is 19.9. The fourth-order valence-electron chi connectivity index (χ4n) is 2.23. The normalized spacial score (nSPS) is 13.7. The molecular weight excluding hydrogens is 362 g/mol. The van der Waals surface area contributed by atoms with Crippen molar-refractivity contribution in [2.24, 2.45) is 0 Å². The number of hydrogen-bond donors (Lipinski definition) is 2. The van der Waals surface area contributed by atoms with E-state index >= 15 is 0 Å². The summed E-state index contributed by atoms with van der Waals surface area (Å²) in [6.07, 6.45) is 32.4. The van der Waals surface area contributed by atoms with E-state index in [1.54, 1.807) is 0 Å². The lowest BCUT2D eigenvalue weighted by Crippen LogP contribution is -2.38. The topological polar surface area (TPSA) is 66.4 Å². The van der Waals surface area contributed by atoms with Gasteiger partial charge in [-0.25, -0.2) is 0 Å². The van der Waals surface area contributed by atoms with Crippen LogP contribution in [-0.2, 0) is 9.59 Å². The number of carboxylic acid groups (broad SMARTS) is 1. The number of carbonyl (C=O) groups excluding carboxylic acids is 1. The zero-order valence-electron chi connectivity index (χ0n) is 17.9. The van der Waals surface area contributed by atoms with Gasteiger partial charge in [-0.15, -0.1) is 0 Å². The van der Waals surface area contributed by atoms with Gasteiger partial charge < -0.3 is 10.4 Å². The first kappa shape index (κ1) is 26.4. The van der Waals surface area contributed by atoms with Gasteiger partial charge in [0.1, 0.15) is 6.04 Å². The Bertz CT molecular complexity index is 610. The van der Waals surface area contributed by atoms with Crippen LogP contribution in [0.4, 0.5) is 0 Å². The van der Waals surface area contributed by atoms with E-state index in [1.807, 2.05) is 12.2 Å². The van der Waals surface area contributed by atoms with E-state index < -0.39 is 12.0 Å². The largest absolute Gasteiger partial charge is 0.480 e. The average Bonchev–Trinajstić information content (AvgIpc) is 2.69. The van der Waals surface area contributed by atoms with Crippen molar-refractivity contribution in [3.05, 3.63) is 72.9 Å². The minimum atomic E-state index is -1.02. The molecule has 160 valence electrons. The SMILES string of the molecule is CC/C=C/C/C=C/C/C=C/C/C=C/C/C=C/C/C=C/CCC(=O)NC(C)C(=O)O. The molecule has 0 rings (SSSR count). The highest BCUT2D eigenvalue weighted by Gasteiger charge is 2.12. The molecule has 29 heavy (non-hydrogen) atoms. The summed E-state index contributed by atoms with van der Waals surface area (Å²) in [5.74, 6) is -1.26. The van der Waals surface area contributed by atoms with Crippen molar-refractivity contribution >= 4 is 11.9 Å². The predicted octanol–water partition coefficient (Wildman–Crippen LogP) is 6.05. The molecule has 0 heterocycles. The molecule has 1 atom stereocenters. The van der Waals surface area contributed by atoms with Gasteiger partial charge in [-0.05, 0) is 51.9 Å². The smallest absolute Gasteiger partial charge is 0.325 e. The average molecular weight is 400 g/mol. The zero-order valence-corrected chi connectivity index (χ0v) is 17.9. The summed E-state index contributed by atoms with van der Waals surface area (Å²) in [6.45, 7) is 3.60. The van der Waals surface area contributed by atoms with Crippen LogP contribution in [0.1, 0.15) is 65.2 Å². The van der Waals surface area contributed by atoms with E-state index in [-0.39, 0.29) is 5.91 Å². The molecule has 0 saturated carbocycles. The minimum Gasteiger partial charge on any atom is -0.480 e. The van der Waals surface area contributed by atoms with E-state index in [4.69, 9.17) is 5.11 Å². The number of carbonyl (C=O) groups is 2. The molecule has 0 radical (unpaired) electrons. The maximum Gasteiger partial charge on any atom is 0.325 e. The molecule has 0 saturated heterocycles. The van der Waals surface area contributed by atoms with Crippen molar-refractivity contribution in [1.82, 2.24) is 5.32 Å². The summed E-state index contributed by atoms with van der Waals surface area (Å²) in [4.78, 5) is 22.1. The van der Waals surface area contributed by atoms with Crippen LogP contribution in [0.25, 0.3) is 0 Å². The first-order valence-electron chi connectivity index (χ1n) is 10.5. The fraction of sp³-hybridized carbons (Fsp3) is 0.440. The molecule has 2 N–H and O–H groups in total. The molecule has 4 nitrogen and oxygen atoms in total. The van der Waals surface area contributed by atoms with Crippen LogP contribution < -0.4 is 5.32 Å². The molecule has 0 aromatic rings. The van der Waals surface area contributed by atoms with E-state index in [1.165, 1.54) is 6.92 Å². The monoisotopic (exact) mass is 399 g/mol. The summed E-state index contributed by atoms with van der Waals surface area (Å²) in [6, 6.07) is -0.840. The molecule has 0 aliphatic carbocycles.